The van der Waals surface area contributed by atoms with E-state index in [4.69, 9.17) is 4.74 Å². The lowest BCUT2D eigenvalue weighted by molar-refractivity contribution is -0.384. The summed E-state index contributed by atoms with van der Waals surface area (Å²) in [5, 5.41) is 13.3. The molecular formula is C24H20N2O6. The van der Waals surface area contributed by atoms with Crippen molar-refractivity contribution in [1.29, 1.82) is 0 Å². The number of non-ortho nitro benzene ring substituents is 1. The largest absolute Gasteiger partial charge is 0.454 e. The Morgan fingerprint density at radius 2 is 1.53 bits per heavy atom. The summed E-state index contributed by atoms with van der Waals surface area (Å²) in [6, 6.07) is 16.7. The number of carbonyl (C=O) groups is 3. The van der Waals surface area contributed by atoms with Gasteiger partial charge in [-0.15, -0.1) is 0 Å². The van der Waals surface area contributed by atoms with Gasteiger partial charge in [-0.25, -0.2) is 4.79 Å². The molecule has 0 aliphatic heterocycles. The van der Waals surface area contributed by atoms with E-state index in [1.165, 1.54) is 48.5 Å². The minimum atomic E-state index is -0.656. The van der Waals surface area contributed by atoms with E-state index in [-0.39, 0.29) is 29.2 Å². The number of ether oxygens (including phenoxy) is 1. The molecule has 8 nitrogen and oxygen atoms in total. The van der Waals surface area contributed by atoms with Gasteiger partial charge in [0.05, 0.1) is 10.5 Å². The number of Topliss-reactive ketones (excluding diaryl/α,β-unsaturated/α-hetero) is 1. The number of esters is 1. The number of amides is 1. The molecule has 0 saturated carbocycles. The summed E-state index contributed by atoms with van der Waals surface area (Å²) in [5.41, 5.74) is 3.07. The van der Waals surface area contributed by atoms with Crippen LogP contribution in [-0.2, 0) is 4.74 Å². The van der Waals surface area contributed by atoms with Crippen molar-refractivity contribution < 1.29 is 24.0 Å². The maximum Gasteiger partial charge on any atom is 0.338 e. The Bertz CT molecular complexity index is 1180. The molecule has 32 heavy (non-hydrogen) atoms. The Kier molecular flexibility index (Phi) is 6.74. The van der Waals surface area contributed by atoms with Gasteiger partial charge in [-0.1, -0.05) is 17.7 Å². The van der Waals surface area contributed by atoms with Gasteiger partial charge in [0.25, 0.3) is 11.6 Å². The average molecular weight is 432 g/mol. The van der Waals surface area contributed by atoms with Gasteiger partial charge in [-0.2, -0.15) is 0 Å². The summed E-state index contributed by atoms with van der Waals surface area (Å²) in [6.07, 6.45) is 0. The SMILES string of the molecule is Cc1ccc(C)c(C(=O)COC(=O)c2ccc(NC(=O)c3ccc([N+](=O)[O-])cc3)cc2)c1. The molecule has 0 fully saturated rings. The molecule has 0 unspecified atom stereocenters. The lowest BCUT2D eigenvalue weighted by Crippen LogP contribution is -2.15. The van der Waals surface area contributed by atoms with Crippen molar-refractivity contribution >= 4 is 29.0 Å². The second-order valence-corrected chi connectivity index (χ2v) is 7.15. The van der Waals surface area contributed by atoms with Crippen molar-refractivity contribution in [2.45, 2.75) is 13.8 Å². The lowest BCUT2D eigenvalue weighted by Gasteiger charge is -2.09. The van der Waals surface area contributed by atoms with Gasteiger partial charge in [0, 0.05) is 28.9 Å². The maximum atomic E-state index is 12.4. The van der Waals surface area contributed by atoms with Crippen LogP contribution in [0, 0.1) is 24.0 Å². The number of hydrogen-bond donors (Lipinski definition) is 1. The van der Waals surface area contributed by atoms with Gasteiger partial charge in [0.15, 0.2) is 6.61 Å². The van der Waals surface area contributed by atoms with Crippen molar-refractivity contribution in [3.63, 3.8) is 0 Å². The molecule has 1 amide bonds. The number of carbonyl (C=O) groups excluding carboxylic acids is 3. The number of aryl methyl sites for hydroxylation is 2. The van der Waals surface area contributed by atoms with Crippen molar-refractivity contribution in [3.05, 3.63) is 105 Å². The van der Waals surface area contributed by atoms with Crippen LogP contribution in [-0.4, -0.2) is 29.2 Å². The normalized spacial score (nSPS) is 10.3. The van der Waals surface area contributed by atoms with Crippen LogP contribution in [0.1, 0.15) is 42.2 Å². The minimum Gasteiger partial charge on any atom is -0.454 e. The summed E-state index contributed by atoms with van der Waals surface area (Å²) in [6.45, 7) is 3.32. The van der Waals surface area contributed by atoms with Crippen LogP contribution in [0.3, 0.4) is 0 Å². The number of benzene rings is 3. The number of nitrogens with one attached hydrogen (secondary N) is 1. The Morgan fingerprint density at radius 3 is 2.16 bits per heavy atom. The molecule has 0 aromatic heterocycles. The highest BCUT2D eigenvalue weighted by Gasteiger charge is 2.15. The third-order valence-electron chi connectivity index (χ3n) is 4.75. The predicted molar refractivity (Wildman–Crippen MR) is 118 cm³/mol. The zero-order chi connectivity index (χ0) is 23.3. The van der Waals surface area contributed by atoms with E-state index < -0.39 is 16.8 Å². The summed E-state index contributed by atoms with van der Waals surface area (Å²) in [7, 11) is 0. The smallest absolute Gasteiger partial charge is 0.338 e. The Labute approximate surface area is 184 Å². The molecule has 3 aromatic rings. The van der Waals surface area contributed by atoms with E-state index in [0.29, 0.717) is 11.3 Å². The molecule has 3 rings (SSSR count). The number of hydrogen-bond acceptors (Lipinski definition) is 6. The van der Waals surface area contributed by atoms with Crippen LogP contribution in [0.25, 0.3) is 0 Å². The van der Waals surface area contributed by atoms with Crippen molar-refractivity contribution in [1.82, 2.24) is 0 Å². The number of anilines is 1. The van der Waals surface area contributed by atoms with Gasteiger partial charge in [-0.05, 0) is 61.9 Å². The molecule has 8 heteroatoms. The molecule has 0 spiro atoms. The van der Waals surface area contributed by atoms with E-state index in [1.54, 1.807) is 6.07 Å². The zero-order valence-electron chi connectivity index (χ0n) is 17.5. The molecule has 162 valence electrons. The molecule has 0 atom stereocenters. The lowest BCUT2D eigenvalue weighted by atomic mass is 10.0. The Hall–Kier alpha value is -4.33. The van der Waals surface area contributed by atoms with Crippen LogP contribution < -0.4 is 5.32 Å². The van der Waals surface area contributed by atoms with Crippen molar-refractivity contribution in [2.24, 2.45) is 0 Å². The highest BCUT2D eigenvalue weighted by atomic mass is 16.6. The van der Waals surface area contributed by atoms with E-state index >= 15 is 0 Å². The first-order valence-corrected chi connectivity index (χ1v) is 9.68. The standard InChI is InChI=1S/C24H20N2O6/c1-15-3-4-16(2)21(13-15)22(27)14-32-24(29)18-5-9-19(10-6-18)25-23(28)17-7-11-20(12-8-17)26(30)31/h3-13H,14H2,1-2H3,(H,25,28). The van der Waals surface area contributed by atoms with E-state index in [9.17, 15) is 24.5 Å². The summed E-state index contributed by atoms with van der Waals surface area (Å²) < 4.78 is 5.13. The number of rotatable bonds is 7. The summed E-state index contributed by atoms with van der Waals surface area (Å²) >= 11 is 0. The molecule has 0 aliphatic rings. The van der Waals surface area contributed by atoms with Crippen LogP contribution in [0.15, 0.2) is 66.7 Å². The molecule has 0 heterocycles. The third kappa shape index (κ3) is 5.42. The summed E-state index contributed by atoms with van der Waals surface area (Å²) in [5.74, 6) is -1.39. The van der Waals surface area contributed by atoms with Crippen LogP contribution in [0.4, 0.5) is 11.4 Å². The number of ketones is 1. The van der Waals surface area contributed by atoms with Gasteiger partial charge < -0.3 is 10.1 Å². The predicted octanol–water partition coefficient (Wildman–Crippen LogP) is 4.50. The highest BCUT2D eigenvalue weighted by molar-refractivity contribution is 6.04. The Balaban J connectivity index is 1.58. The minimum absolute atomic E-state index is 0.111. The van der Waals surface area contributed by atoms with Crippen LogP contribution in [0.5, 0.6) is 0 Å². The average Bonchev–Trinajstić information content (AvgIpc) is 2.79. The van der Waals surface area contributed by atoms with Crippen LogP contribution >= 0.6 is 0 Å². The van der Waals surface area contributed by atoms with Crippen molar-refractivity contribution in [2.75, 3.05) is 11.9 Å². The second-order valence-electron chi connectivity index (χ2n) is 7.15. The van der Waals surface area contributed by atoms with E-state index in [2.05, 4.69) is 5.32 Å². The van der Waals surface area contributed by atoms with Gasteiger partial charge in [0.2, 0.25) is 5.78 Å². The molecular weight excluding hydrogens is 412 g/mol. The number of nitro groups is 1. The molecule has 0 saturated heterocycles. The molecule has 0 radical (unpaired) electrons. The summed E-state index contributed by atoms with van der Waals surface area (Å²) in [4.78, 5) is 47.0. The number of nitrogens with zero attached hydrogens (tertiary/aromatic N) is 1. The van der Waals surface area contributed by atoms with Crippen LogP contribution in [0.2, 0.25) is 0 Å². The molecule has 1 N–H and O–H groups in total. The van der Waals surface area contributed by atoms with Gasteiger partial charge >= 0.3 is 5.97 Å². The zero-order valence-corrected chi connectivity index (χ0v) is 17.5. The fourth-order valence-electron chi connectivity index (χ4n) is 2.96. The fourth-order valence-corrected chi connectivity index (χ4v) is 2.96. The Morgan fingerprint density at radius 1 is 0.906 bits per heavy atom. The van der Waals surface area contributed by atoms with E-state index in [0.717, 1.165) is 11.1 Å². The first kappa shape index (κ1) is 22.4. The van der Waals surface area contributed by atoms with E-state index in [1.807, 2.05) is 26.0 Å². The van der Waals surface area contributed by atoms with Gasteiger partial charge in [0.1, 0.15) is 0 Å². The molecule has 0 aliphatic carbocycles. The highest BCUT2D eigenvalue weighted by Crippen LogP contribution is 2.16. The van der Waals surface area contributed by atoms with Gasteiger partial charge in [-0.3, -0.25) is 19.7 Å². The quantitative estimate of drug-likeness (QED) is 0.254. The maximum absolute atomic E-state index is 12.4. The number of nitro benzene ring substituents is 1. The third-order valence-corrected chi connectivity index (χ3v) is 4.75. The monoisotopic (exact) mass is 432 g/mol. The first-order chi connectivity index (χ1) is 15.2. The molecule has 3 aromatic carbocycles. The topological polar surface area (TPSA) is 116 Å². The fraction of sp³-hybridized carbons (Fsp3) is 0.125. The van der Waals surface area contributed by atoms with Crippen molar-refractivity contribution in [3.8, 4) is 0 Å². The second kappa shape index (κ2) is 9.65. The first-order valence-electron chi connectivity index (χ1n) is 9.68. The molecule has 0 bridgehead atoms.